The number of nitrogens with one attached hydrogen (secondary N) is 1. The second-order valence-electron chi connectivity index (χ2n) is 5.19. The predicted octanol–water partition coefficient (Wildman–Crippen LogP) is 3.65. The number of aromatic nitrogens is 1. The molecule has 0 saturated heterocycles. The number of amides is 1. The van der Waals surface area contributed by atoms with E-state index in [-0.39, 0.29) is 18.3 Å². The number of hydrogen-bond acceptors (Lipinski definition) is 3. The lowest BCUT2D eigenvalue weighted by Gasteiger charge is -2.05. The Morgan fingerprint density at radius 1 is 1.38 bits per heavy atom. The van der Waals surface area contributed by atoms with Crippen molar-refractivity contribution in [2.24, 2.45) is 0 Å². The molecule has 0 radical (unpaired) electrons. The van der Waals surface area contributed by atoms with Crippen molar-refractivity contribution >= 4 is 17.2 Å². The van der Waals surface area contributed by atoms with Gasteiger partial charge in [-0.1, -0.05) is 32.0 Å². The van der Waals surface area contributed by atoms with E-state index in [1.54, 1.807) is 29.5 Å². The van der Waals surface area contributed by atoms with E-state index in [1.165, 1.54) is 6.07 Å². The molecule has 2 rings (SSSR count). The van der Waals surface area contributed by atoms with Gasteiger partial charge in [-0.25, -0.2) is 9.37 Å². The van der Waals surface area contributed by atoms with E-state index in [9.17, 15) is 9.18 Å². The van der Waals surface area contributed by atoms with Crippen molar-refractivity contribution in [1.82, 2.24) is 10.3 Å². The molecule has 1 amide bonds. The molecular formula is C16H19FN2OS. The fourth-order valence-corrected chi connectivity index (χ4v) is 2.81. The Morgan fingerprint density at radius 2 is 2.14 bits per heavy atom. The first kappa shape index (κ1) is 15.6. The summed E-state index contributed by atoms with van der Waals surface area (Å²) in [5.74, 6) is 0.0312. The maximum absolute atomic E-state index is 13.4. The lowest BCUT2D eigenvalue weighted by molar-refractivity contribution is -0.121. The standard InChI is InChI=1S/C16H19FN2OS/c1-11(2)14-10-21-16(19-14)8-7-15(20)18-9-12-5-3-4-6-13(12)17/h3-6,10-11H,7-9H2,1-2H3,(H,18,20). The van der Waals surface area contributed by atoms with Crippen LogP contribution in [0.1, 0.15) is 42.5 Å². The number of thiazole rings is 1. The van der Waals surface area contributed by atoms with Gasteiger partial charge in [0.05, 0.1) is 10.7 Å². The van der Waals surface area contributed by atoms with Gasteiger partial charge in [0.15, 0.2) is 0 Å². The molecule has 0 atom stereocenters. The topological polar surface area (TPSA) is 42.0 Å². The summed E-state index contributed by atoms with van der Waals surface area (Å²) in [5, 5.41) is 5.75. The van der Waals surface area contributed by atoms with Crippen LogP contribution < -0.4 is 5.32 Å². The monoisotopic (exact) mass is 306 g/mol. The average Bonchev–Trinajstić information content (AvgIpc) is 2.93. The maximum atomic E-state index is 13.4. The molecule has 1 aromatic carbocycles. The van der Waals surface area contributed by atoms with Crippen LogP contribution in [0.4, 0.5) is 4.39 Å². The highest BCUT2D eigenvalue weighted by Gasteiger charge is 2.08. The summed E-state index contributed by atoms with van der Waals surface area (Å²) in [6.07, 6.45) is 1.000. The van der Waals surface area contributed by atoms with Gasteiger partial charge in [-0.05, 0) is 12.0 Å². The minimum atomic E-state index is -0.292. The van der Waals surface area contributed by atoms with Crippen LogP contribution in [0.15, 0.2) is 29.6 Å². The molecule has 1 heterocycles. The molecule has 0 aliphatic heterocycles. The number of aryl methyl sites for hydroxylation is 1. The SMILES string of the molecule is CC(C)c1csc(CCC(=O)NCc2ccccc2F)n1. The second-order valence-corrected chi connectivity index (χ2v) is 6.13. The second kappa shape index (κ2) is 7.31. The van der Waals surface area contributed by atoms with Crippen LogP contribution in [0.3, 0.4) is 0 Å². The van der Waals surface area contributed by atoms with Gasteiger partial charge in [-0.3, -0.25) is 4.79 Å². The van der Waals surface area contributed by atoms with Crippen molar-refractivity contribution in [1.29, 1.82) is 0 Å². The molecule has 0 fully saturated rings. The summed E-state index contributed by atoms with van der Waals surface area (Å²) in [6.45, 7) is 4.42. The molecule has 2 aromatic rings. The molecule has 5 heteroatoms. The van der Waals surface area contributed by atoms with Crippen molar-refractivity contribution in [2.45, 2.75) is 39.2 Å². The van der Waals surface area contributed by atoms with Gasteiger partial charge in [-0.15, -0.1) is 11.3 Å². The number of hydrogen-bond donors (Lipinski definition) is 1. The summed E-state index contributed by atoms with van der Waals surface area (Å²) in [7, 11) is 0. The Labute approximate surface area is 128 Å². The third-order valence-electron chi connectivity index (χ3n) is 3.16. The van der Waals surface area contributed by atoms with Crippen LogP contribution >= 0.6 is 11.3 Å². The summed E-state index contributed by atoms with van der Waals surface area (Å²) in [6, 6.07) is 6.46. The number of halogens is 1. The first-order chi connectivity index (χ1) is 10.1. The molecule has 21 heavy (non-hydrogen) atoms. The lowest BCUT2D eigenvalue weighted by atomic mass is 10.2. The summed E-state index contributed by atoms with van der Waals surface area (Å²) >= 11 is 1.59. The Balaban J connectivity index is 1.78. The smallest absolute Gasteiger partial charge is 0.220 e. The fourth-order valence-electron chi connectivity index (χ4n) is 1.85. The molecule has 0 unspecified atom stereocenters. The molecule has 0 aliphatic rings. The zero-order chi connectivity index (χ0) is 15.2. The fraction of sp³-hybridized carbons (Fsp3) is 0.375. The largest absolute Gasteiger partial charge is 0.352 e. The lowest BCUT2D eigenvalue weighted by Crippen LogP contribution is -2.23. The Hall–Kier alpha value is -1.75. The zero-order valence-corrected chi connectivity index (χ0v) is 13.0. The highest BCUT2D eigenvalue weighted by Crippen LogP contribution is 2.18. The minimum Gasteiger partial charge on any atom is -0.352 e. The Kier molecular flexibility index (Phi) is 5.44. The third kappa shape index (κ3) is 4.63. The summed E-state index contributed by atoms with van der Waals surface area (Å²) in [4.78, 5) is 16.3. The van der Waals surface area contributed by atoms with E-state index in [2.05, 4.69) is 24.1 Å². The van der Waals surface area contributed by atoms with E-state index in [4.69, 9.17) is 0 Å². The average molecular weight is 306 g/mol. The van der Waals surface area contributed by atoms with Crippen LogP contribution in [-0.2, 0) is 17.8 Å². The van der Waals surface area contributed by atoms with E-state index in [0.29, 0.717) is 24.3 Å². The molecule has 1 aromatic heterocycles. The Morgan fingerprint density at radius 3 is 2.81 bits per heavy atom. The van der Waals surface area contributed by atoms with Crippen LogP contribution in [0.2, 0.25) is 0 Å². The van der Waals surface area contributed by atoms with Crippen molar-refractivity contribution in [3.8, 4) is 0 Å². The maximum Gasteiger partial charge on any atom is 0.220 e. The molecule has 0 spiro atoms. The van der Waals surface area contributed by atoms with Gasteiger partial charge in [0.1, 0.15) is 5.82 Å². The normalized spacial score (nSPS) is 10.9. The summed E-state index contributed by atoms with van der Waals surface area (Å²) < 4.78 is 13.4. The molecule has 0 bridgehead atoms. The van der Waals surface area contributed by atoms with Gasteiger partial charge in [0, 0.05) is 30.3 Å². The van der Waals surface area contributed by atoms with Crippen molar-refractivity contribution < 1.29 is 9.18 Å². The van der Waals surface area contributed by atoms with Crippen LogP contribution in [0.5, 0.6) is 0 Å². The minimum absolute atomic E-state index is 0.0837. The highest BCUT2D eigenvalue weighted by molar-refractivity contribution is 7.09. The molecule has 1 N–H and O–H groups in total. The van der Waals surface area contributed by atoms with Gasteiger partial charge < -0.3 is 5.32 Å². The Bertz CT molecular complexity index is 610. The predicted molar refractivity (Wildman–Crippen MR) is 82.8 cm³/mol. The number of rotatable bonds is 6. The van der Waals surface area contributed by atoms with E-state index >= 15 is 0 Å². The van der Waals surface area contributed by atoms with Gasteiger partial charge in [0.2, 0.25) is 5.91 Å². The molecule has 0 aliphatic carbocycles. The van der Waals surface area contributed by atoms with Crippen LogP contribution in [0, 0.1) is 5.82 Å². The van der Waals surface area contributed by atoms with E-state index < -0.39 is 0 Å². The van der Waals surface area contributed by atoms with Crippen molar-refractivity contribution in [3.05, 3.63) is 51.7 Å². The molecule has 3 nitrogen and oxygen atoms in total. The molecule has 0 saturated carbocycles. The summed E-state index contributed by atoms with van der Waals surface area (Å²) in [5.41, 5.74) is 1.57. The highest BCUT2D eigenvalue weighted by atomic mass is 32.1. The van der Waals surface area contributed by atoms with Crippen LogP contribution in [0.25, 0.3) is 0 Å². The third-order valence-corrected chi connectivity index (χ3v) is 4.09. The van der Waals surface area contributed by atoms with Gasteiger partial charge in [-0.2, -0.15) is 0 Å². The quantitative estimate of drug-likeness (QED) is 0.885. The molecule has 112 valence electrons. The van der Waals surface area contributed by atoms with Gasteiger partial charge in [0.25, 0.3) is 0 Å². The number of nitrogens with zero attached hydrogens (tertiary/aromatic N) is 1. The van der Waals surface area contributed by atoms with E-state index in [0.717, 1.165) is 10.7 Å². The van der Waals surface area contributed by atoms with Crippen LogP contribution in [-0.4, -0.2) is 10.9 Å². The van der Waals surface area contributed by atoms with E-state index in [1.807, 2.05) is 5.38 Å². The van der Waals surface area contributed by atoms with Crippen molar-refractivity contribution in [2.75, 3.05) is 0 Å². The number of carbonyl (C=O) groups is 1. The van der Waals surface area contributed by atoms with Gasteiger partial charge >= 0.3 is 0 Å². The first-order valence-electron chi connectivity index (χ1n) is 7.00. The van der Waals surface area contributed by atoms with Crippen molar-refractivity contribution in [3.63, 3.8) is 0 Å². The number of carbonyl (C=O) groups excluding carboxylic acids is 1. The molecular weight excluding hydrogens is 287 g/mol. The zero-order valence-electron chi connectivity index (χ0n) is 12.2. The number of benzene rings is 1. The first-order valence-corrected chi connectivity index (χ1v) is 7.88.